The number of aryl methyl sites for hydroxylation is 1. The lowest BCUT2D eigenvalue weighted by molar-refractivity contribution is 0.0695. The molecule has 0 aliphatic heterocycles. The van der Waals surface area contributed by atoms with Crippen LogP contribution in [0.15, 0.2) is 24.3 Å². The number of carboxylic acids is 1. The van der Waals surface area contributed by atoms with E-state index in [4.69, 9.17) is 5.11 Å². The third-order valence-electron chi connectivity index (χ3n) is 2.55. The van der Waals surface area contributed by atoms with Crippen LogP contribution in [0.5, 0.6) is 0 Å². The van der Waals surface area contributed by atoms with Crippen molar-refractivity contribution in [1.82, 2.24) is 6.15 Å². The SMILES string of the molecule is CCCCCCc1ccccc1C(=O)O.N. The molecule has 3 nitrogen and oxygen atoms in total. The highest BCUT2D eigenvalue weighted by Gasteiger charge is 2.07. The van der Waals surface area contributed by atoms with Crippen molar-refractivity contribution >= 4 is 5.97 Å². The van der Waals surface area contributed by atoms with Gasteiger partial charge in [-0.05, 0) is 24.5 Å². The van der Waals surface area contributed by atoms with Gasteiger partial charge < -0.3 is 11.3 Å². The minimum atomic E-state index is -0.818. The van der Waals surface area contributed by atoms with Crippen molar-refractivity contribution in [3.05, 3.63) is 35.4 Å². The Labute approximate surface area is 97.1 Å². The van der Waals surface area contributed by atoms with Crippen molar-refractivity contribution in [1.29, 1.82) is 0 Å². The van der Waals surface area contributed by atoms with Gasteiger partial charge in [0.15, 0.2) is 0 Å². The Morgan fingerprint density at radius 1 is 1.19 bits per heavy atom. The molecule has 0 radical (unpaired) electrons. The smallest absolute Gasteiger partial charge is 0.335 e. The van der Waals surface area contributed by atoms with Crippen LogP contribution in [0.25, 0.3) is 0 Å². The Morgan fingerprint density at radius 2 is 1.88 bits per heavy atom. The second kappa shape index (κ2) is 7.88. The Balaban J connectivity index is 0.00000225. The first-order valence-electron chi connectivity index (χ1n) is 5.57. The number of aromatic carboxylic acids is 1. The zero-order valence-corrected chi connectivity index (χ0v) is 9.91. The van der Waals surface area contributed by atoms with E-state index in [0.29, 0.717) is 5.56 Å². The molecule has 1 aromatic carbocycles. The highest BCUT2D eigenvalue weighted by atomic mass is 16.4. The maximum atomic E-state index is 10.9. The topological polar surface area (TPSA) is 72.3 Å². The van der Waals surface area contributed by atoms with Crippen LogP contribution in [0.1, 0.15) is 48.5 Å². The van der Waals surface area contributed by atoms with Crippen molar-refractivity contribution in [3.63, 3.8) is 0 Å². The zero-order chi connectivity index (χ0) is 11.1. The first-order valence-corrected chi connectivity index (χ1v) is 5.57. The lowest BCUT2D eigenvalue weighted by atomic mass is 10.0. The predicted molar refractivity (Wildman–Crippen MR) is 66.3 cm³/mol. The van der Waals surface area contributed by atoms with Crippen LogP contribution in [0.2, 0.25) is 0 Å². The van der Waals surface area contributed by atoms with E-state index in [-0.39, 0.29) is 6.15 Å². The standard InChI is InChI=1S/C13H18O2.H3N/c1-2-3-4-5-8-11-9-6-7-10-12(11)13(14)15;/h6-7,9-10H,2-5,8H2,1H3,(H,14,15);1H3. The van der Waals surface area contributed by atoms with Crippen LogP contribution in [-0.2, 0) is 6.42 Å². The van der Waals surface area contributed by atoms with E-state index in [1.165, 1.54) is 19.3 Å². The number of carboxylic acid groups (broad SMARTS) is 1. The summed E-state index contributed by atoms with van der Waals surface area (Å²) in [5.74, 6) is -0.818. The van der Waals surface area contributed by atoms with Gasteiger partial charge in [-0.2, -0.15) is 0 Å². The van der Waals surface area contributed by atoms with Crippen LogP contribution < -0.4 is 6.15 Å². The molecule has 0 aromatic heterocycles. The van der Waals surface area contributed by atoms with E-state index in [1.807, 2.05) is 12.1 Å². The van der Waals surface area contributed by atoms with Gasteiger partial charge in [-0.3, -0.25) is 0 Å². The van der Waals surface area contributed by atoms with Gasteiger partial charge in [-0.25, -0.2) is 4.79 Å². The second-order valence-corrected chi connectivity index (χ2v) is 3.77. The molecule has 0 bridgehead atoms. The minimum absolute atomic E-state index is 0. The molecule has 1 rings (SSSR count). The summed E-state index contributed by atoms with van der Waals surface area (Å²) >= 11 is 0. The summed E-state index contributed by atoms with van der Waals surface area (Å²) in [4.78, 5) is 10.9. The first-order chi connectivity index (χ1) is 7.25. The van der Waals surface area contributed by atoms with E-state index in [2.05, 4.69) is 6.92 Å². The van der Waals surface area contributed by atoms with Gasteiger partial charge in [0.25, 0.3) is 0 Å². The number of unbranched alkanes of at least 4 members (excludes halogenated alkanes) is 3. The molecule has 0 fully saturated rings. The molecule has 4 N–H and O–H groups in total. The van der Waals surface area contributed by atoms with Crippen molar-refractivity contribution in [2.75, 3.05) is 0 Å². The first kappa shape index (κ1) is 14.6. The molecule has 0 saturated heterocycles. The van der Waals surface area contributed by atoms with Crippen molar-refractivity contribution in [3.8, 4) is 0 Å². The van der Waals surface area contributed by atoms with Gasteiger partial charge in [0.05, 0.1) is 5.56 Å². The van der Waals surface area contributed by atoms with E-state index < -0.39 is 5.97 Å². The fourth-order valence-corrected chi connectivity index (χ4v) is 1.69. The van der Waals surface area contributed by atoms with Crippen LogP contribution in [0.3, 0.4) is 0 Å². The number of hydrogen-bond acceptors (Lipinski definition) is 2. The van der Waals surface area contributed by atoms with Gasteiger partial charge in [-0.1, -0.05) is 44.4 Å². The normalized spacial score (nSPS) is 9.56. The van der Waals surface area contributed by atoms with Crippen LogP contribution in [-0.4, -0.2) is 11.1 Å². The molecule has 16 heavy (non-hydrogen) atoms. The summed E-state index contributed by atoms with van der Waals surface area (Å²) < 4.78 is 0. The molecule has 0 spiro atoms. The van der Waals surface area contributed by atoms with Crippen molar-refractivity contribution in [2.45, 2.75) is 39.0 Å². The predicted octanol–water partition coefficient (Wildman–Crippen LogP) is 3.67. The van der Waals surface area contributed by atoms with E-state index in [0.717, 1.165) is 18.4 Å². The van der Waals surface area contributed by atoms with Gasteiger partial charge >= 0.3 is 5.97 Å². The van der Waals surface area contributed by atoms with Gasteiger partial charge in [0.1, 0.15) is 0 Å². The van der Waals surface area contributed by atoms with Crippen LogP contribution >= 0.6 is 0 Å². The van der Waals surface area contributed by atoms with Gasteiger partial charge in [0.2, 0.25) is 0 Å². The van der Waals surface area contributed by atoms with E-state index in [9.17, 15) is 4.79 Å². The number of rotatable bonds is 6. The highest BCUT2D eigenvalue weighted by Crippen LogP contribution is 2.13. The zero-order valence-electron chi connectivity index (χ0n) is 9.91. The molecular weight excluding hydrogens is 202 g/mol. The Hall–Kier alpha value is -1.35. The van der Waals surface area contributed by atoms with Gasteiger partial charge in [0, 0.05) is 0 Å². The van der Waals surface area contributed by atoms with Crippen LogP contribution in [0, 0.1) is 0 Å². The third kappa shape index (κ3) is 4.45. The fraction of sp³-hybridized carbons (Fsp3) is 0.462. The van der Waals surface area contributed by atoms with Gasteiger partial charge in [-0.15, -0.1) is 0 Å². The summed E-state index contributed by atoms with van der Waals surface area (Å²) in [5, 5.41) is 8.97. The molecule has 90 valence electrons. The Kier molecular flexibility index (Phi) is 7.21. The highest BCUT2D eigenvalue weighted by molar-refractivity contribution is 5.89. The molecule has 0 saturated carbocycles. The lowest BCUT2D eigenvalue weighted by Gasteiger charge is -2.05. The monoisotopic (exact) mass is 223 g/mol. The molecule has 0 aliphatic rings. The average molecular weight is 223 g/mol. The maximum Gasteiger partial charge on any atom is 0.335 e. The molecule has 3 heteroatoms. The average Bonchev–Trinajstić information content (AvgIpc) is 2.25. The molecule has 1 aromatic rings. The number of hydrogen-bond donors (Lipinski definition) is 2. The van der Waals surface area contributed by atoms with Crippen molar-refractivity contribution in [2.24, 2.45) is 0 Å². The number of benzene rings is 1. The summed E-state index contributed by atoms with van der Waals surface area (Å²) in [6, 6.07) is 7.27. The maximum absolute atomic E-state index is 10.9. The summed E-state index contributed by atoms with van der Waals surface area (Å²) in [6.45, 7) is 2.17. The summed E-state index contributed by atoms with van der Waals surface area (Å²) in [6.07, 6.45) is 5.58. The molecule has 0 aliphatic carbocycles. The molecule has 0 amide bonds. The van der Waals surface area contributed by atoms with E-state index >= 15 is 0 Å². The van der Waals surface area contributed by atoms with Crippen molar-refractivity contribution < 1.29 is 9.90 Å². The second-order valence-electron chi connectivity index (χ2n) is 3.77. The molecule has 0 heterocycles. The fourth-order valence-electron chi connectivity index (χ4n) is 1.69. The molecular formula is C13H21NO2. The van der Waals surface area contributed by atoms with E-state index in [1.54, 1.807) is 12.1 Å². The summed E-state index contributed by atoms with van der Waals surface area (Å²) in [7, 11) is 0. The molecule has 0 atom stereocenters. The largest absolute Gasteiger partial charge is 0.478 e. The Bertz CT molecular complexity index is 323. The summed E-state index contributed by atoms with van der Waals surface area (Å²) in [5.41, 5.74) is 1.41. The molecule has 0 unspecified atom stereocenters. The quantitative estimate of drug-likeness (QED) is 0.723. The third-order valence-corrected chi connectivity index (χ3v) is 2.55. The minimum Gasteiger partial charge on any atom is -0.478 e. The Morgan fingerprint density at radius 3 is 2.50 bits per heavy atom. The number of carbonyl (C=O) groups is 1. The lowest BCUT2D eigenvalue weighted by Crippen LogP contribution is -2.02. The van der Waals surface area contributed by atoms with Crippen LogP contribution in [0.4, 0.5) is 0 Å².